The van der Waals surface area contributed by atoms with Crippen LogP contribution in [0, 0.1) is 5.92 Å². The maximum atomic E-state index is 12.2. The Bertz CT molecular complexity index is 575. The summed E-state index contributed by atoms with van der Waals surface area (Å²) in [6, 6.07) is 17.6. The Morgan fingerprint density at radius 3 is 2.53 bits per heavy atom. The molecule has 0 aliphatic heterocycles. The molecule has 0 radical (unpaired) electrons. The molecule has 2 aromatic carbocycles. The van der Waals surface area contributed by atoms with Crippen molar-refractivity contribution >= 4 is 5.78 Å². The van der Waals surface area contributed by atoms with E-state index in [0.717, 1.165) is 24.2 Å². The van der Waals surface area contributed by atoms with E-state index in [2.05, 4.69) is 0 Å². The van der Waals surface area contributed by atoms with Gasteiger partial charge in [-0.25, -0.2) is 0 Å². The minimum atomic E-state index is 0.0844. The van der Waals surface area contributed by atoms with Crippen molar-refractivity contribution in [3.8, 4) is 5.75 Å². The van der Waals surface area contributed by atoms with Crippen molar-refractivity contribution in [2.24, 2.45) is 5.92 Å². The zero-order valence-electron chi connectivity index (χ0n) is 10.7. The average Bonchev–Trinajstić information content (AvgIpc) is 2.78. The van der Waals surface area contributed by atoms with Gasteiger partial charge in [0.1, 0.15) is 5.75 Å². The molecule has 19 heavy (non-hydrogen) atoms. The first kappa shape index (κ1) is 12.0. The van der Waals surface area contributed by atoms with Crippen LogP contribution < -0.4 is 4.74 Å². The smallest absolute Gasteiger partial charge is 0.166 e. The molecule has 2 heteroatoms. The second-order valence-corrected chi connectivity index (χ2v) is 4.87. The highest BCUT2D eigenvalue weighted by Gasteiger charge is 2.29. The fourth-order valence-electron chi connectivity index (χ4n) is 2.59. The van der Waals surface area contributed by atoms with E-state index in [4.69, 9.17) is 4.74 Å². The highest BCUT2D eigenvalue weighted by atomic mass is 16.5. The predicted molar refractivity (Wildman–Crippen MR) is 74.5 cm³/mol. The van der Waals surface area contributed by atoms with E-state index in [1.54, 1.807) is 0 Å². The van der Waals surface area contributed by atoms with Crippen molar-refractivity contribution in [2.45, 2.75) is 12.8 Å². The number of hydrogen-bond acceptors (Lipinski definition) is 2. The molecule has 2 nitrogen and oxygen atoms in total. The number of ketones is 1. The number of hydrogen-bond donors (Lipinski definition) is 0. The summed E-state index contributed by atoms with van der Waals surface area (Å²) in [7, 11) is 0. The molecule has 0 saturated carbocycles. The van der Waals surface area contributed by atoms with E-state index in [-0.39, 0.29) is 11.7 Å². The molecule has 0 spiro atoms. The number of carbonyl (C=O) groups excluding carboxylic acids is 1. The van der Waals surface area contributed by atoms with Crippen LogP contribution >= 0.6 is 0 Å². The Morgan fingerprint density at radius 1 is 1.00 bits per heavy atom. The highest BCUT2D eigenvalue weighted by molar-refractivity contribution is 6.02. The van der Waals surface area contributed by atoms with Crippen molar-refractivity contribution in [1.29, 1.82) is 0 Å². The van der Waals surface area contributed by atoms with Crippen molar-refractivity contribution in [3.05, 3.63) is 65.7 Å². The van der Waals surface area contributed by atoms with Gasteiger partial charge in [0, 0.05) is 11.5 Å². The van der Waals surface area contributed by atoms with E-state index in [1.807, 2.05) is 54.6 Å². The van der Waals surface area contributed by atoms with Crippen LogP contribution in [-0.2, 0) is 6.42 Å². The van der Waals surface area contributed by atoms with Gasteiger partial charge >= 0.3 is 0 Å². The second-order valence-electron chi connectivity index (χ2n) is 4.87. The van der Waals surface area contributed by atoms with Crippen molar-refractivity contribution in [1.82, 2.24) is 0 Å². The molecule has 0 fully saturated rings. The van der Waals surface area contributed by atoms with Crippen molar-refractivity contribution < 1.29 is 9.53 Å². The minimum absolute atomic E-state index is 0.0844. The van der Waals surface area contributed by atoms with E-state index in [1.165, 1.54) is 5.56 Å². The van der Waals surface area contributed by atoms with Gasteiger partial charge in [0.05, 0.1) is 6.61 Å². The SMILES string of the molecule is O=C1c2ccccc2CC1CCOc1ccccc1. The Labute approximate surface area is 113 Å². The van der Waals surface area contributed by atoms with Gasteiger partial charge in [0.2, 0.25) is 0 Å². The molecule has 3 rings (SSSR count). The first-order valence-electron chi connectivity index (χ1n) is 6.64. The molecule has 0 bridgehead atoms. The summed E-state index contributed by atoms with van der Waals surface area (Å²) in [6.07, 6.45) is 1.63. The Kier molecular flexibility index (Phi) is 3.32. The lowest BCUT2D eigenvalue weighted by atomic mass is 10.0. The van der Waals surface area contributed by atoms with Crippen LogP contribution in [0.25, 0.3) is 0 Å². The van der Waals surface area contributed by atoms with Crippen LogP contribution in [0.15, 0.2) is 54.6 Å². The van der Waals surface area contributed by atoms with Gasteiger partial charge in [0.25, 0.3) is 0 Å². The summed E-state index contributed by atoms with van der Waals surface area (Å²) in [5.74, 6) is 1.22. The minimum Gasteiger partial charge on any atom is -0.494 e. The highest BCUT2D eigenvalue weighted by Crippen LogP contribution is 2.28. The monoisotopic (exact) mass is 252 g/mol. The Hall–Kier alpha value is -2.09. The van der Waals surface area contributed by atoms with Crippen molar-refractivity contribution in [3.63, 3.8) is 0 Å². The molecule has 0 aromatic heterocycles. The molecule has 1 atom stereocenters. The lowest BCUT2D eigenvalue weighted by molar-refractivity contribution is 0.0918. The van der Waals surface area contributed by atoms with Crippen LogP contribution in [0.1, 0.15) is 22.3 Å². The van der Waals surface area contributed by atoms with Gasteiger partial charge in [-0.15, -0.1) is 0 Å². The molecule has 0 saturated heterocycles. The van der Waals surface area contributed by atoms with Crippen LogP contribution in [0.2, 0.25) is 0 Å². The van der Waals surface area contributed by atoms with Crippen LogP contribution in [-0.4, -0.2) is 12.4 Å². The number of fused-ring (bicyclic) bond motifs is 1. The number of benzene rings is 2. The zero-order chi connectivity index (χ0) is 13.1. The van der Waals surface area contributed by atoms with E-state index in [9.17, 15) is 4.79 Å². The molecular formula is C17H16O2. The summed E-state index contributed by atoms with van der Waals surface area (Å²) >= 11 is 0. The third-order valence-electron chi connectivity index (χ3n) is 3.60. The van der Waals surface area contributed by atoms with Gasteiger partial charge in [-0.3, -0.25) is 4.79 Å². The maximum absolute atomic E-state index is 12.2. The van der Waals surface area contributed by atoms with E-state index >= 15 is 0 Å². The predicted octanol–water partition coefficient (Wildman–Crippen LogP) is 3.51. The quantitative estimate of drug-likeness (QED) is 0.832. The van der Waals surface area contributed by atoms with Gasteiger partial charge < -0.3 is 4.74 Å². The van der Waals surface area contributed by atoms with Crippen LogP contribution in [0.4, 0.5) is 0 Å². The molecule has 96 valence electrons. The largest absolute Gasteiger partial charge is 0.494 e. The van der Waals surface area contributed by atoms with E-state index < -0.39 is 0 Å². The Balaban J connectivity index is 1.57. The fraction of sp³-hybridized carbons (Fsp3) is 0.235. The van der Waals surface area contributed by atoms with Gasteiger partial charge in [-0.1, -0.05) is 42.5 Å². The van der Waals surface area contributed by atoms with Crippen LogP contribution in [0.3, 0.4) is 0 Å². The van der Waals surface area contributed by atoms with Gasteiger partial charge in [0.15, 0.2) is 5.78 Å². The lowest BCUT2D eigenvalue weighted by Gasteiger charge is -2.09. The average molecular weight is 252 g/mol. The topological polar surface area (TPSA) is 26.3 Å². The molecule has 1 aliphatic carbocycles. The number of rotatable bonds is 4. The molecular weight excluding hydrogens is 236 g/mol. The summed E-state index contributed by atoms with van der Waals surface area (Å²) in [6.45, 7) is 0.592. The molecule has 1 unspecified atom stereocenters. The summed E-state index contributed by atoms with van der Waals surface area (Å²) in [5, 5.41) is 0. The fourth-order valence-corrected chi connectivity index (χ4v) is 2.59. The summed E-state index contributed by atoms with van der Waals surface area (Å²) in [5.41, 5.74) is 2.07. The summed E-state index contributed by atoms with van der Waals surface area (Å²) in [4.78, 5) is 12.2. The molecule has 0 N–H and O–H groups in total. The molecule has 1 aliphatic rings. The van der Waals surface area contributed by atoms with Gasteiger partial charge in [-0.2, -0.15) is 0 Å². The third kappa shape index (κ3) is 2.53. The number of para-hydroxylation sites is 1. The number of ether oxygens (including phenoxy) is 1. The van der Waals surface area contributed by atoms with E-state index in [0.29, 0.717) is 6.61 Å². The Morgan fingerprint density at radius 2 is 1.74 bits per heavy atom. The number of Topliss-reactive ketones (excluding diaryl/α,β-unsaturated/α-hetero) is 1. The number of carbonyl (C=O) groups is 1. The molecule has 0 heterocycles. The first-order valence-corrected chi connectivity index (χ1v) is 6.64. The zero-order valence-corrected chi connectivity index (χ0v) is 10.7. The molecule has 2 aromatic rings. The maximum Gasteiger partial charge on any atom is 0.166 e. The van der Waals surface area contributed by atoms with Crippen LogP contribution in [0.5, 0.6) is 5.75 Å². The molecule has 0 amide bonds. The third-order valence-corrected chi connectivity index (χ3v) is 3.60. The van der Waals surface area contributed by atoms with Gasteiger partial charge in [-0.05, 0) is 30.5 Å². The second kappa shape index (κ2) is 5.27. The summed E-state index contributed by atoms with van der Waals surface area (Å²) < 4.78 is 5.66. The normalized spacial score (nSPS) is 17.3. The first-order chi connectivity index (χ1) is 9.34. The lowest BCUT2D eigenvalue weighted by Crippen LogP contribution is -2.13. The van der Waals surface area contributed by atoms with Crippen molar-refractivity contribution in [2.75, 3.05) is 6.61 Å². The standard InChI is InChI=1S/C17H16O2/c18-17-14(12-13-6-4-5-9-16(13)17)10-11-19-15-7-2-1-3-8-15/h1-9,14H,10-12H2.